The Hall–Kier alpha value is -0.550. The number of aliphatic hydroxyl groups excluding tert-OH is 1. The molecule has 0 aromatic rings. The molecular formula is C22H38N2OS. The van der Waals surface area contributed by atoms with Crippen LogP contribution in [0.5, 0.6) is 0 Å². The maximum absolute atomic E-state index is 10.6. The van der Waals surface area contributed by atoms with Crippen molar-refractivity contribution < 1.29 is 5.11 Å². The van der Waals surface area contributed by atoms with Crippen molar-refractivity contribution in [3.05, 3.63) is 35.5 Å². The predicted octanol–water partition coefficient (Wildman–Crippen LogP) is 4.96. The van der Waals surface area contributed by atoms with Crippen LogP contribution in [0, 0.1) is 11.8 Å². The summed E-state index contributed by atoms with van der Waals surface area (Å²) in [5.74, 6) is 1.60. The first kappa shape index (κ1) is 21.7. The minimum absolute atomic E-state index is 0.281. The van der Waals surface area contributed by atoms with Gasteiger partial charge >= 0.3 is 0 Å². The zero-order valence-corrected chi connectivity index (χ0v) is 18.0. The summed E-state index contributed by atoms with van der Waals surface area (Å²) in [6, 6.07) is 0.578. The van der Waals surface area contributed by atoms with Crippen LogP contribution in [0.3, 0.4) is 0 Å². The van der Waals surface area contributed by atoms with Crippen molar-refractivity contribution in [1.82, 2.24) is 10.0 Å². The fourth-order valence-electron chi connectivity index (χ4n) is 4.16. The Morgan fingerprint density at radius 1 is 1.38 bits per heavy atom. The van der Waals surface area contributed by atoms with Crippen LogP contribution in [0.15, 0.2) is 35.5 Å². The largest absolute Gasteiger partial charge is 0.374 e. The van der Waals surface area contributed by atoms with E-state index < -0.39 is 6.23 Å². The number of allylic oxidation sites excluding steroid dienone is 1. The van der Waals surface area contributed by atoms with E-state index in [1.807, 2.05) is 6.08 Å². The van der Waals surface area contributed by atoms with E-state index in [4.69, 9.17) is 0 Å². The van der Waals surface area contributed by atoms with Gasteiger partial charge in [0.05, 0.1) is 0 Å². The summed E-state index contributed by atoms with van der Waals surface area (Å²) in [5, 5.41) is 14.5. The van der Waals surface area contributed by atoms with Crippen LogP contribution < -0.4 is 10.0 Å². The number of aliphatic hydroxyl groups is 1. The highest BCUT2D eigenvalue weighted by atomic mass is 32.2. The van der Waals surface area contributed by atoms with Crippen molar-refractivity contribution in [1.29, 1.82) is 0 Å². The topological polar surface area (TPSA) is 44.3 Å². The number of hydrogen-bond donors (Lipinski definition) is 3. The summed E-state index contributed by atoms with van der Waals surface area (Å²) in [6.07, 6.45) is 9.36. The molecule has 0 saturated heterocycles. The highest BCUT2D eigenvalue weighted by Crippen LogP contribution is 2.44. The molecule has 26 heavy (non-hydrogen) atoms. The molecule has 1 saturated carbocycles. The summed E-state index contributed by atoms with van der Waals surface area (Å²) in [5.41, 5.74) is 3.85. The van der Waals surface area contributed by atoms with Crippen molar-refractivity contribution >= 4 is 11.9 Å². The van der Waals surface area contributed by atoms with E-state index in [1.165, 1.54) is 24.8 Å². The van der Waals surface area contributed by atoms with Crippen LogP contribution in [0.1, 0.15) is 66.7 Å². The highest BCUT2D eigenvalue weighted by Gasteiger charge is 2.34. The molecule has 2 rings (SSSR count). The quantitative estimate of drug-likeness (QED) is 0.230. The SMILES string of the molecule is C=C(/C=C\[C@@H](CC)NSC(C)C)C(O)NC1CCC2CC(C)CC2=C1C. The number of fused-ring (bicyclic) bond motifs is 1. The van der Waals surface area contributed by atoms with Gasteiger partial charge in [0.2, 0.25) is 0 Å². The van der Waals surface area contributed by atoms with E-state index in [2.05, 4.69) is 57.3 Å². The van der Waals surface area contributed by atoms with Crippen LogP contribution in [-0.4, -0.2) is 28.7 Å². The van der Waals surface area contributed by atoms with E-state index in [0.29, 0.717) is 11.3 Å². The van der Waals surface area contributed by atoms with Gasteiger partial charge in [-0.05, 0) is 56.4 Å². The molecule has 2 aliphatic carbocycles. The van der Waals surface area contributed by atoms with Gasteiger partial charge in [-0.3, -0.25) is 10.0 Å². The molecule has 0 radical (unpaired) electrons. The second kappa shape index (κ2) is 10.1. The lowest BCUT2D eigenvalue weighted by Crippen LogP contribution is -2.42. The van der Waals surface area contributed by atoms with Crippen LogP contribution in [-0.2, 0) is 0 Å². The minimum Gasteiger partial charge on any atom is -0.374 e. The molecule has 4 unspecified atom stereocenters. The van der Waals surface area contributed by atoms with Gasteiger partial charge < -0.3 is 5.11 Å². The van der Waals surface area contributed by atoms with E-state index >= 15 is 0 Å². The fourth-order valence-corrected chi connectivity index (χ4v) is 4.85. The van der Waals surface area contributed by atoms with Crippen molar-refractivity contribution in [2.45, 2.75) is 90.3 Å². The highest BCUT2D eigenvalue weighted by molar-refractivity contribution is 7.98. The summed E-state index contributed by atoms with van der Waals surface area (Å²) in [6.45, 7) is 15.2. The average molecular weight is 379 g/mol. The Kier molecular flexibility index (Phi) is 8.46. The molecule has 0 aliphatic heterocycles. The Morgan fingerprint density at radius 3 is 2.77 bits per heavy atom. The Labute approximate surface area is 164 Å². The van der Waals surface area contributed by atoms with Crippen LogP contribution in [0.4, 0.5) is 0 Å². The van der Waals surface area contributed by atoms with Crippen LogP contribution >= 0.6 is 11.9 Å². The molecule has 1 fully saturated rings. The molecule has 0 amide bonds. The third-order valence-corrected chi connectivity index (χ3v) is 6.64. The monoisotopic (exact) mass is 378 g/mol. The lowest BCUT2D eigenvalue weighted by atomic mass is 9.82. The summed E-state index contributed by atoms with van der Waals surface area (Å²) in [4.78, 5) is 0. The fraction of sp³-hybridized carbons (Fsp3) is 0.727. The molecule has 5 atom stereocenters. The van der Waals surface area contributed by atoms with Gasteiger partial charge in [0.25, 0.3) is 0 Å². The Morgan fingerprint density at radius 2 is 2.12 bits per heavy atom. The molecule has 0 aromatic heterocycles. The van der Waals surface area contributed by atoms with Crippen molar-refractivity contribution in [2.24, 2.45) is 11.8 Å². The van der Waals surface area contributed by atoms with Gasteiger partial charge in [0.15, 0.2) is 0 Å². The van der Waals surface area contributed by atoms with E-state index in [0.717, 1.165) is 30.3 Å². The van der Waals surface area contributed by atoms with E-state index in [1.54, 1.807) is 17.5 Å². The molecule has 0 aromatic carbocycles. The number of hydrogen-bond acceptors (Lipinski definition) is 4. The Balaban J connectivity index is 1.89. The molecule has 0 bridgehead atoms. The van der Waals surface area contributed by atoms with E-state index in [9.17, 15) is 5.11 Å². The van der Waals surface area contributed by atoms with Gasteiger partial charge in [0.1, 0.15) is 6.23 Å². The van der Waals surface area contributed by atoms with E-state index in [-0.39, 0.29) is 6.04 Å². The van der Waals surface area contributed by atoms with Gasteiger partial charge in [0, 0.05) is 17.3 Å². The standard InChI is InChI=1S/C22H38N2OS/c1-7-19(24-26-14(2)3)10-8-16(5)22(25)23-21-11-9-18-12-15(4)13-20(18)17(21)6/h8,10,14-15,18-19,21-25H,5,7,9,11-13H2,1-4,6H3/b10-8-/t15?,18?,19-,21?,22?/m1/s1. The normalized spacial score (nSPS) is 28.7. The van der Waals surface area contributed by atoms with Crippen molar-refractivity contribution in [3.8, 4) is 0 Å². The first-order valence-corrected chi connectivity index (χ1v) is 11.1. The molecule has 0 heterocycles. The molecular weight excluding hydrogens is 340 g/mol. The van der Waals surface area contributed by atoms with Gasteiger partial charge in [-0.15, -0.1) is 0 Å². The second-order valence-electron chi connectivity index (χ2n) is 8.38. The van der Waals surface area contributed by atoms with Gasteiger partial charge in [-0.25, -0.2) is 0 Å². The summed E-state index contributed by atoms with van der Waals surface area (Å²) >= 11 is 1.75. The molecule has 3 N–H and O–H groups in total. The molecule has 2 aliphatic rings. The second-order valence-corrected chi connectivity index (χ2v) is 9.80. The zero-order valence-electron chi connectivity index (χ0n) is 17.2. The summed E-state index contributed by atoms with van der Waals surface area (Å²) in [7, 11) is 0. The minimum atomic E-state index is -0.683. The average Bonchev–Trinajstić information content (AvgIpc) is 2.98. The summed E-state index contributed by atoms with van der Waals surface area (Å²) < 4.78 is 3.46. The molecule has 0 spiro atoms. The third-order valence-electron chi connectivity index (χ3n) is 5.73. The van der Waals surface area contributed by atoms with Gasteiger partial charge in [-0.2, -0.15) is 0 Å². The third kappa shape index (κ3) is 5.98. The maximum Gasteiger partial charge on any atom is 0.130 e. The van der Waals surface area contributed by atoms with Crippen LogP contribution in [0.25, 0.3) is 0 Å². The van der Waals surface area contributed by atoms with Crippen LogP contribution in [0.2, 0.25) is 0 Å². The van der Waals surface area contributed by atoms with Crippen molar-refractivity contribution in [3.63, 3.8) is 0 Å². The maximum atomic E-state index is 10.6. The first-order chi connectivity index (χ1) is 12.3. The lowest BCUT2D eigenvalue weighted by molar-refractivity contribution is 0.160. The number of nitrogens with one attached hydrogen (secondary N) is 2. The zero-order chi connectivity index (χ0) is 19.3. The predicted molar refractivity (Wildman–Crippen MR) is 115 cm³/mol. The molecule has 148 valence electrons. The smallest absolute Gasteiger partial charge is 0.130 e. The van der Waals surface area contributed by atoms with Crippen molar-refractivity contribution in [2.75, 3.05) is 0 Å². The number of rotatable bonds is 9. The molecule has 3 nitrogen and oxygen atoms in total. The first-order valence-electron chi connectivity index (χ1n) is 10.2. The Bertz CT molecular complexity index is 540. The molecule has 4 heteroatoms. The lowest BCUT2D eigenvalue weighted by Gasteiger charge is -2.32. The van der Waals surface area contributed by atoms with Gasteiger partial charge in [-0.1, -0.05) is 69.5 Å².